The number of nitrogens with one attached hydrogen (secondary N) is 1. The van der Waals surface area contributed by atoms with E-state index in [0.717, 1.165) is 36.3 Å². The minimum absolute atomic E-state index is 0.524. The van der Waals surface area contributed by atoms with Gasteiger partial charge in [-0.2, -0.15) is 0 Å². The lowest BCUT2D eigenvalue weighted by molar-refractivity contribution is 0.144. The molecule has 5 heteroatoms. The molecule has 1 aromatic rings. The Morgan fingerprint density at radius 3 is 2.95 bits per heavy atom. The molecule has 0 amide bonds. The highest BCUT2D eigenvalue weighted by molar-refractivity contribution is 6.32. The Kier molecular flexibility index (Phi) is 4.82. The van der Waals surface area contributed by atoms with Crippen molar-refractivity contribution in [1.29, 1.82) is 0 Å². The van der Waals surface area contributed by atoms with Crippen LogP contribution in [0, 0.1) is 5.92 Å². The van der Waals surface area contributed by atoms with Crippen molar-refractivity contribution in [3.05, 3.63) is 28.0 Å². The molecule has 3 nitrogen and oxygen atoms in total. The molecule has 110 valence electrons. The second-order valence-corrected chi connectivity index (χ2v) is 6.70. The summed E-state index contributed by atoms with van der Waals surface area (Å²) in [6, 6.07) is 4.29. The summed E-state index contributed by atoms with van der Waals surface area (Å²) in [5.74, 6) is 0.768. The predicted octanol–water partition coefficient (Wildman–Crippen LogP) is 3.35. The van der Waals surface area contributed by atoms with Gasteiger partial charge in [0.2, 0.25) is 0 Å². The quantitative estimate of drug-likeness (QED) is 0.867. The molecule has 0 bridgehead atoms. The Labute approximate surface area is 130 Å². The van der Waals surface area contributed by atoms with Crippen LogP contribution in [0.2, 0.25) is 10.2 Å². The molecule has 2 aliphatic heterocycles. The molecule has 1 N–H and O–H groups in total. The number of rotatable bonds is 3. The zero-order valence-corrected chi connectivity index (χ0v) is 13.1. The third-order valence-corrected chi connectivity index (χ3v) is 5.02. The predicted molar refractivity (Wildman–Crippen MR) is 83.3 cm³/mol. The topological polar surface area (TPSA) is 28.2 Å². The first kappa shape index (κ1) is 14.6. The van der Waals surface area contributed by atoms with E-state index in [9.17, 15) is 0 Å². The molecule has 2 unspecified atom stereocenters. The lowest BCUT2D eigenvalue weighted by Crippen LogP contribution is -2.43. The summed E-state index contributed by atoms with van der Waals surface area (Å²) in [5.41, 5.74) is 0.902. The van der Waals surface area contributed by atoms with Crippen LogP contribution >= 0.6 is 23.2 Å². The Bertz CT molecular complexity index is 460. The number of aromatic nitrogens is 1. The fourth-order valence-electron chi connectivity index (χ4n) is 3.46. The maximum atomic E-state index is 6.22. The average Bonchev–Trinajstić information content (AvgIpc) is 2.97. The largest absolute Gasteiger partial charge is 0.314 e. The molecule has 3 heterocycles. The van der Waals surface area contributed by atoms with Crippen molar-refractivity contribution in [3.8, 4) is 0 Å². The van der Waals surface area contributed by atoms with Gasteiger partial charge in [-0.25, -0.2) is 4.98 Å². The van der Waals surface area contributed by atoms with Crippen molar-refractivity contribution in [2.75, 3.05) is 19.6 Å². The molecule has 2 atom stereocenters. The Morgan fingerprint density at radius 2 is 2.15 bits per heavy atom. The van der Waals surface area contributed by atoms with E-state index < -0.39 is 0 Å². The molecule has 2 saturated heterocycles. The van der Waals surface area contributed by atoms with Gasteiger partial charge in [-0.3, -0.25) is 4.90 Å². The zero-order chi connectivity index (χ0) is 13.9. The van der Waals surface area contributed by atoms with Crippen molar-refractivity contribution in [1.82, 2.24) is 15.2 Å². The van der Waals surface area contributed by atoms with Gasteiger partial charge in [0.05, 0.1) is 10.7 Å². The van der Waals surface area contributed by atoms with Crippen LogP contribution in [-0.2, 0) is 6.54 Å². The summed E-state index contributed by atoms with van der Waals surface area (Å²) in [6.45, 7) is 4.27. The van der Waals surface area contributed by atoms with Crippen LogP contribution in [0.15, 0.2) is 12.1 Å². The van der Waals surface area contributed by atoms with E-state index in [2.05, 4.69) is 15.2 Å². The summed E-state index contributed by atoms with van der Waals surface area (Å²) >= 11 is 12.2. The summed E-state index contributed by atoms with van der Waals surface area (Å²) < 4.78 is 0. The molecule has 2 fully saturated rings. The summed E-state index contributed by atoms with van der Waals surface area (Å²) in [5, 5.41) is 4.88. The van der Waals surface area contributed by atoms with E-state index in [-0.39, 0.29) is 0 Å². The molecule has 1 aromatic heterocycles. The van der Waals surface area contributed by atoms with Crippen molar-refractivity contribution in [2.24, 2.45) is 5.92 Å². The van der Waals surface area contributed by atoms with Gasteiger partial charge < -0.3 is 5.32 Å². The third kappa shape index (κ3) is 3.45. The van der Waals surface area contributed by atoms with Gasteiger partial charge in [0.25, 0.3) is 0 Å². The lowest BCUT2D eigenvalue weighted by atomic mass is 9.90. The van der Waals surface area contributed by atoms with Gasteiger partial charge in [-0.15, -0.1) is 0 Å². The third-order valence-electron chi connectivity index (χ3n) is 4.47. The highest BCUT2D eigenvalue weighted by atomic mass is 35.5. The van der Waals surface area contributed by atoms with Gasteiger partial charge in [-0.05, 0) is 56.8 Å². The maximum Gasteiger partial charge on any atom is 0.129 e. The first-order valence-electron chi connectivity index (χ1n) is 7.49. The van der Waals surface area contributed by atoms with E-state index in [1.165, 1.54) is 32.2 Å². The Hall–Kier alpha value is -0.350. The molecule has 3 rings (SSSR count). The van der Waals surface area contributed by atoms with Crippen LogP contribution in [0.4, 0.5) is 0 Å². The normalized spacial score (nSPS) is 27.9. The Morgan fingerprint density at radius 1 is 1.25 bits per heavy atom. The van der Waals surface area contributed by atoms with Crippen molar-refractivity contribution >= 4 is 23.2 Å². The zero-order valence-electron chi connectivity index (χ0n) is 11.6. The Balaban J connectivity index is 1.63. The second-order valence-electron chi connectivity index (χ2n) is 5.90. The number of piperidine rings is 1. The van der Waals surface area contributed by atoms with Gasteiger partial charge in [-0.1, -0.05) is 23.2 Å². The van der Waals surface area contributed by atoms with Crippen molar-refractivity contribution < 1.29 is 0 Å². The smallest absolute Gasteiger partial charge is 0.129 e. The van der Waals surface area contributed by atoms with Crippen LogP contribution in [0.25, 0.3) is 0 Å². The highest BCUT2D eigenvalue weighted by Crippen LogP contribution is 2.26. The highest BCUT2D eigenvalue weighted by Gasteiger charge is 2.29. The number of likely N-dealkylation sites (tertiary alicyclic amines) is 1. The van der Waals surface area contributed by atoms with Gasteiger partial charge in [0.1, 0.15) is 5.15 Å². The fraction of sp³-hybridized carbons (Fsp3) is 0.667. The van der Waals surface area contributed by atoms with Crippen LogP contribution < -0.4 is 5.32 Å². The van der Waals surface area contributed by atoms with Crippen LogP contribution in [0.3, 0.4) is 0 Å². The first-order valence-corrected chi connectivity index (χ1v) is 8.24. The maximum absolute atomic E-state index is 6.22. The molecule has 20 heavy (non-hydrogen) atoms. The summed E-state index contributed by atoms with van der Waals surface area (Å²) in [4.78, 5) is 6.84. The standard InChI is InChI=1S/C15H21Cl2N3/c16-12-5-6-15(17)19-14(12)10-20-8-2-3-11(9-20)13-4-1-7-18-13/h5-6,11,13,18H,1-4,7-10H2. The molecule has 0 aliphatic carbocycles. The number of nitrogens with zero attached hydrogens (tertiary/aromatic N) is 2. The van der Waals surface area contributed by atoms with E-state index in [4.69, 9.17) is 23.2 Å². The van der Waals surface area contributed by atoms with E-state index in [0.29, 0.717) is 11.2 Å². The van der Waals surface area contributed by atoms with Crippen molar-refractivity contribution in [2.45, 2.75) is 38.3 Å². The number of hydrogen-bond donors (Lipinski definition) is 1. The molecule has 0 spiro atoms. The van der Waals surface area contributed by atoms with Gasteiger partial charge in [0.15, 0.2) is 0 Å². The summed E-state index contributed by atoms with van der Waals surface area (Å²) in [7, 11) is 0. The molecule has 0 aromatic carbocycles. The average molecular weight is 314 g/mol. The van der Waals surface area contributed by atoms with E-state index in [1.807, 2.05) is 6.07 Å². The monoisotopic (exact) mass is 313 g/mol. The van der Waals surface area contributed by atoms with Crippen LogP contribution in [0.5, 0.6) is 0 Å². The van der Waals surface area contributed by atoms with Crippen LogP contribution in [-0.4, -0.2) is 35.6 Å². The minimum atomic E-state index is 0.524. The summed E-state index contributed by atoms with van der Waals surface area (Å²) in [6.07, 6.45) is 5.25. The number of halogens is 2. The molecule has 0 radical (unpaired) electrons. The first-order chi connectivity index (χ1) is 9.72. The van der Waals surface area contributed by atoms with Crippen LogP contribution in [0.1, 0.15) is 31.4 Å². The van der Waals surface area contributed by atoms with Crippen molar-refractivity contribution in [3.63, 3.8) is 0 Å². The minimum Gasteiger partial charge on any atom is -0.314 e. The number of pyridine rings is 1. The van der Waals surface area contributed by atoms with Gasteiger partial charge >= 0.3 is 0 Å². The van der Waals surface area contributed by atoms with Gasteiger partial charge in [0, 0.05) is 19.1 Å². The molecular weight excluding hydrogens is 293 g/mol. The van der Waals surface area contributed by atoms with E-state index >= 15 is 0 Å². The number of hydrogen-bond acceptors (Lipinski definition) is 3. The van der Waals surface area contributed by atoms with E-state index in [1.54, 1.807) is 6.07 Å². The lowest BCUT2D eigenvalue weighted by Gasteiger charge is -2.35. The SMILES string of the molecule is Clc1ccc(Cl)c(CN2CCCC(C3CCCN3)C2)n1. The second kappa shape index (κ2) is 6.61. The molecule has 0 saturated carbocycles. The fourth-order valence-corrected chi connectivity index (χ4v) is 3.79. The molecular formula is C15H21Cl2N3. The molecule has 2 aliphatic rings.